The van der Waals surface area contributed by atoms with Gasteiger partial charge >= 0.3 is 0 Å². The van der Waals surface area contributed by atoms with Gasteiger partial charge in [-0.15, -0.1) is 11.6 Å². The molecule has 0 unspecified atom stereocenters. The molecular formula is C12H9ClN2OS. The van der Waals surface area contributed by atoms with Crippen LogP contribution in [-0.2, 0) is 12.9 Å². The van der Waals surface area contributed by atoms with Gasteiger partial charge in [-0.1, -0.05) is 29.5 Å². The first-order chi connectivity index (χ1) is 8.22. The fourth-order valence-corrected chi connectivity index (χ4v) is 3.11. The normalized spacial score (nSPS) is 11.4. The second-order valence-corrected chi connectivity index (χ2v) is 5.09. The summed E-state index contributed by atoms with van der Waals surface area (Å²) in [5.74, 6) is 1.03. The topological polar surface area (TPSA) is 34.9 Å². The van der Waals surface area contributed by atoms with Gasteiger partial charge in [-0.2, -0.15) is 0 Å². The van der Waals surface area contributed by atoms with Gasteiger partial charge in [0.25, 0.3) is 4.74 Å². The number of imidazole rings is 1. The predicted octanol–water partition coefficient (Wildman–Crippen LogP) is 2.89. The quantitative estimate of drug-likeness (QED) is 0.634. The van der Waals surface area contributed by atoms with Crippen LogP contribution < -0.4 is 4.74 Å². The molecule has 0 saturated heterocycles. The fraction of sp³-hybridized carbons (Fsp3) is 0.167. The highest BCUT2D eigenvalue weighted by Crippen LogP contribution is 2.25. The molecule has 0 radical (unpaired) electrons. The molecule has 0 saturated carbocycles. The monoisotopic (exact) mass is 264 g/mol. The molecule has 3 nitrogen and oxygen atoms in total. The highest BCUT2D eigenvalue weighted by atomic mass is 35.5. The molecule has 2 heterocycles. The Hall–Kier alpha value is -1.39. The van der Waals surface area contributed by atoms with E-state index in [1.54, 1.807) is 0 Å². The molecule has 3 rings (SSSR count). The minimum atomic E-state index is -0.00864. The Bertz CT molecular complexity index is 775. The molecule has 0 bridgehead atoms. The molecule has 86 valence electrons. The summed E-state index contributed by atoms with van der Waals surface area (Å²) in [4.78, 5) is 16.3. The maximum absolute atomic E-state index is 12.0. The molecule has 17 heavy (non-hydrogen) atoms. The minimum absolute atomic E-state index is 0.00864. The third-order valence-electron chi connectivity index (χ3n) is 2.85. The van der Waals surface area contributed by atoms with E-state index in [1.165, 1.54) is 11.3 Å². The predicted molar refractivity (Wildman–Crippen MR) is 71.9 cm³/mol. The number of aryl methyl sites for hydroxylation is 1. The van der Waals surface area contributed by atoms with Crippen LogP contribution in [0.1, 0.15) is 5.82 Å². The standard InChI is InChI=1S/C12H9ClN2OS/c1-15-9(6-13)14-10-11(15)7-4-2-3-5-8(7)17-12(10)16/h2-5H,6H2,1H3. The molecule has 2 aromatic heterocycles. The molecular weight excluding hydrogens is 256 g/mol. The van der Waals surface area contributed by atoms with Crippen molar-refractivity contribution in [3.05, 3.63) is 39.6 Å². The molecule has 0 aliphatic rings. The Morgan fingerprint density at radius 2 is 2.18 bits per heavy atom. The fourth-order valence-electron chi connectivity index (χ4n) is 2.01. The summed E-state index contributed by atoms with van der Waals surface area (Å²) in [6.45, 7) is 0. The number of hydrogen-bond donors (Lipinski definition) is 0. The number of alkyl halides is 1. The number of aromatic nitrogens is 2. The first-order valence-corrected chi connectivity index (χ1v) is 6.50. The van der Waals surface area contributed by atoms with Crippen molar-refractivity contribution in [1.82, 2.24) is 9.55 Å². The number of nitrogens with zero attached hydrogens (tertiary/aromatic N) is 2. The Kier molecular flexibility index (Phi) is 2.42. The maximum Gasteiger partial charge on any atom is 0.260 e. The van der Waals surface area contributed by atoms with Crippen molar-refractivity contribution in [3.63, 3.8) is 0 Å². The second-order valence-electron chi connectivity index (χ2n) is 3.80. The molecule has 0 fully saturated rings. The lowest BCUT2D eigenvalue weighted by Crippen LogP contribution is -1.97. The highest BCUT2D eigenvalue weighted by molar-refractivity contribution is 7.16. The zero-order chi connectivity index (χ0) is 12.0. The maximum atomic E-state index is 12.0. The Balaban J connectivity index is 2.64. The largest absolute Gasteiger partial charge is 0.329 e. The van der Waals surface area contributed by atoms with Crippen LogP contribution in [0.15, 0.2) is 29.1 Å². The number of halogens is 1. The molecule has 0 aliphatic heterocycles. The van der Waals surface area contributed by atoms with Crippen molar-refractivity contribution in [1.29, 1.82) is 0 Å². The van der Waals surface area contributed by atoms with E-state index in [4.69, 9.17) is 11.6 Å². The van der Waals surface area contributed by atoms with Crippen LogP contribution in [0.3, 0.4) is 0 Å². The van der Waals surface area contributed by atoms with Crippen LogP contribution in [0.5, 0.6) is 0 Å². The van der Waals surface area contributed by atoms with Crippen LogP contribution in [-0.4, -0.2) is 9.55 Å². The molecule has 3 aromatic rings. The van der Waals surface area contributed by atoms with E-state index in [2.05, 4.69) is 4.98 Å². The molecule has 5 heteroatoms. The molecule has 0 atom stereocenters. The lowest BCUT2D eigenvalue weighted by atomic mass is 10.2. The third kappa shape index (κ3) is 1.48. The summed E-state index contributed by atoms with van der Waals surface area (Å²) < 4.78 is 2.87. The smallest absolute Gasteiger partial charge is 0.260 e. The zero-order valence-electron chi connectivity index (χ0n) is 9.11. The summed E-state index contributed by atoms with van der Waals surface area (Å²) in [5, 5.41) is 1.05. The summed E-state index contributed by atoms with van der Waals surface area (Å²) in [6.07, 6.45) is 0. The SMILES string of the molecule is Cn1c(CCl)nc2c(=O)sc3ccccc3c21. The van der Waals surface area contributed by atoms with E-state index in [0.717, 1.165) is 21.4 Å². The summed E-state index contributed by atoms with van der Waals surface area (Å²) >= 11 is 7.05. The van der Waals surface area contributed by atoms with E-state index in [-0.39, 0.29) is 4.74 Å². The first kappa shape index (κ1) is 10.7. The number of fused-ring (bicyclic) bond motifs is 3. The molecule has 0 N–H and O–H groups in total. The van der Waals surface area contributed by atoms with Gasteiger partial charge in [0.15, 0.2) is 0 Å². The van der Waals surface area contributed by atoms with Gasteiger partial charge < -0.3 is 4.57 Å². The Labute approximate surface area is 106 Å². The van der Waals surface area contributed by atoms with E-state index in [9.17, 15) is 4.79 Å². The van der Waals surface area contributed by atoms with Gasteiger partial charge in [0.1, 0.15) is 11.3 Å². The average molecular weight is 265 g/mol. The van der Waals surface area contributed by atoms with Gasteiger partial charge in [-0.3, -0.25) is 4.79 Å². The van der Waals surface area contributed by atoms with Crippen LogP contribution in [0.4, 0.5) is 0 Å². The highest BCUT2D eigenvalue weighted by Gasteiger charge is 2.13. The number of rotatable bonds is 1. The lowest BCUT2D eigenvalue weighted by molar-refractivity contribution is 0.876. The van der Waals surface area contributed by atoms with E-state index < -0.39 is 0 Å². The number of hydrogen-bond acceptors (Lipinski definition) is 3. The van der Waals surface area contributed by atoms with Crippen molar-refractivity contribution in [2.45, 2.75) is 5.88 Å². The van der Waals surface area contributed by atoms with E-state index >= 15 is 0 Å². The van der Waals surface area contributed by atoms with Gasteiger partial charge in [0, 0.05) is 17.1 Å². The summed E-state index contributed by atoms with van der Waals surface area (Å²) in [7, 11) is 1.89. The van der Waals surface area contributed by atoms with Crippen LogP contribution in [0, 0.1) is 0 Å². The van der Waals surface area contributed by atoms with Crippen molar-refractivity contribution in [2.24, 2.45) is 7.05 Å². The Morgan fingerprint density at radius 3 is 2.94 bits per heavy atom. The molecule has 0 spiro atoms. The average Bonchev–Trinajstić information content (AvgIpc) is 2.68. The van der Waals surface area contributed by atoms with Crippen LogP contribution in [0.25, 0.3) is 21.1 Å². The Morgan fingerprint density at radius 1 is 1.41 bits per heavy atom. The van der Waals surface area contributed by atoms with E-state index in [1.807, 2.05) is 35.9 Å². The van der Waals surface area contributed by atoms with Gasteiger partial charge in [-0.25, -0.2) is 4.98 Å². The van der Waals surface area contributed by atoms with Crippen molar-refractivity contribution in [3.8, 4) is 0 Å². The first-order valence-electron chi connectivity index (χ1n) is 5.15. The van der Waals surface area contributed by atoms with Gasteiger partial charge in [0.05, 0.1) is 11.4 Å². The number of benzene rings is 1. The van der Waals surface area contributed by atoms with Crippen molar-refractivity contribution in [2.75, 3.05) is 0 Å². The van der Waals surface area contributed by atoms with E-state index in [0.29, 0.717) is 11.4 Å². The van der Waals surface area contributed by atoms with Crippen molar-refractivity contribution < 1.29 is 0 Å². The minimum Gasteiger partial charge on any atom is -0.329 e. The van der Waals surface area contributed by atoms with Crippen molar-refractivity contribution >= 4 is 44.1 Å². The van der Waals surface area contributed by atoms with Gasteiger partial charge in [-0.05, 0) is 6.07 Å². The summed E-state index contributed by atoms with van der Waals surface area (Å²) in [5.41, 5.74) is 1.40. The molecule has 1 aromatic carbocycles. The van der Waals surface area contributed by atoms with Crippen LogP contribution >= 0.6 is 22.9 Å². The zero-order valence-corrected chi connectivity index (χ0v) is 10.7. The lowest BCUT2D eigenvalue weighted by Gasteiger charge is -2.01. The molecule has 0 aliphatic carbocycles. The molecule has 0 amide bonds. The third-order valence-corrected chi connectivity index (χ3v) is 4.04. The van der Waals surface area contributed by atoms with Gasteiger partial charge in [0.2, 0.25) is 0 Å². The second kappa shape index (κ2) is 3.82. The summed E-state index contributed by atoms with van der Waals surface area (Å²) in [6, 6.07) is 7.86. The van der Waals surface area contributed by atoms with Crippen LogP contribution in [0.2, 0.25) is 0 Å².